The fourth-order valence-corrected chi connectivity index (χ4v) is 4.61. The Morgan fingerprint density at radius 1 is 1.22 bits per heavy atom. The number of nitrogens with one attached hydrogen (secondary N) is 1. The SMILES string of the molecule is CN1Cc2c(C3=CCN(C(=O)OC(C)(C)C)CC3)[nH]c3nccc(c23)-c2cc(F)ccc21. The topological polar surface area (TPSA) is 61.5 Å². The van der Waals surface area contributed by atoms with Crippen LogP contribution in [0.25, 0.3) is 27.7 Å². The maximum Gasteiger partial charge on any atom is 0.410 e. The number of carbonyl (C=O) groups is 1. The second kappa shape index (κ2) is 7.36. The highest BCUT2D eigenvalue weighted by molar-refractivity contribution is 6.02. The molecular weight excluding hydrogens is 407 g/mol. The average molecular weight is 435 g/mol. The summed E-state index contributed by atoms with van der Waals surface area (Å²) in [5, 5.41) is 1.04. The molecule has 6 nitrogen and oxygen atoms in total. The second-order valence-electron chi connectivity index (χ2n) is 9.48. The molecule has 0 bridgehead atoms. The quantitative estimate of drug-likeness (QED) is 0.561. The molecule has 0 atom stereocenters. The summed E-state index contributed by atoms with van der Waals surface area (Å²) >= 11 is 0. The van der Waals surface area contributed by atoms with Gasteiger partial charge >= 0.3 is 6.09 Å². The van der Waals surface area contributed by atoms with Gasteiger partial charge in [-0.15, -0.1) is 0 Å². The van der Waals surface area contributed by atoms with E-state index in [1.54, 1.807) is 17.2 Å². The molecule has 0 spiro atoms. The van der Waals surface area contributed by atoms with E-state index in [0.29, 0.717) is 19.6 Å². The number of nitrogens with zero attached hydrogens (tertiary/aromatic N) is 3. The zero-order chi connectivity index (χ0) is 22.6. The van der Waals surface area contributed by atoms with E-state index in [9.17, 15) is 9.18 Å². The summed E-state index contributed by atoms with van der Waals surface area (Å²) in [4.78, 5) is 24.4. The Hall–Kier alpha value is -3.35. The van der Waals surface area contributed by atoms with Crippen LogP contribution < -0.4 is 4.90 Å². The first-order valence-corrected chi connectivity index (χ1v) is 10.9. The lowest BCUT2D eigenvalue weighted by Gasteiger charge is -2.29. The third-order valence-corrected chi connectivity index (χ3v) is 6.04. The summed E-state index contributed by atoms with van der Waals surface area (Å²) in [5.41, 5.74) is 6.50. The highest BCUT2D eigenvalue weighted by atomic mass is 19.1. The van der Waals surface area contributed by atoms with Gasteiger partial charge in [-0.05, 0) is 62.6 Å². The Morgan fingerprint density at radius 2 is 2.03 bits per heavy atom. The normalized spacial score (nSPS) is 16.0. The van der Waals surface area contributed by atoms with Crippen molar-refractivity contribution in [1.29, 1.82) is 0 Å². The smallest absolute Gasteiger partial charge is 0.410 e. The lowest BCUT2D eigenvalue weighted by Crippen LogP contribution is -2.39. The molecule has 2 aliphatic heterocycles. The van der Waals surface area contributed by atoms with Crippen LogP contribution in [-0.4, -0.2) is 46.7 Å². The van der Waals surface area contributed by atoms with Crippen LogP contribution in [0.15, 0.2) is 36.5 Å². The van der Waals surface area contributed by atoms with Crippen molar-refractivity contribution in [1.82, 2.24) is 14.9 Å². The number of halogens is 1. The number of carbonyl (C=O) groups excluding carboxylic acids is 1. The molecule has 0 radical (unpaired) electrons. The number of H-pyrrole nitrogens is 1. The molecule has 0 aliphatic carbocycles. The Bertz CT molecular complexity index is 1250. The van der Waals surface area contributed by atoms with E-state index in [1.807, 2.05) is 40.0 Å². The van der Waals surface area contributed by atoms with E-state index >= 15 is 0 Å². The molecule has 166 valence electrons. The van der Waals surface area contributed by atoms with Gasteiger partial charge in [0.15, 0.2) is 0 Å². The molecule has 0 unspecified atom stereocenters. The summed E-state index contributed by atoms with van der Waals surface area (Å²) in [6.07, 6.45) is 4.29. The summed E-state index contributed by atoms with van der Waals surface area (Å²) in [6.45, 7) is 7.40. The van der Waals surface area contributed by atoms with Crippen molar-refractivity contribution in [2.75, 3.05) is 25.0 Å². The van der Waals surface area contributed by atoms with Crippen molar-refractivity contribution in [2.24, 2.45) is 0 Å². The first kappa shape index (κ1) is 20.5. The fraction of sp³-hybridized carbons (Fsp3) is 0.360. The molecule has 0 saturated heterocycles. The molecule has 1 amide bonds. The highest BCUT2D eigenvalue weighted by Gasteiger charge is 2.28. The van der Waals surface area contributed by atoms with Crippen molar-refractivity contribution in [3.05, 3.63) is 53.6 Å². The van der Waals surface area contributed by atoms with Gasteiger partial charge in [0.2, 0.25) is 0 Å². The molecule has 5 rings (SSSR count). The number of amides is 1. The Morgan fingerprint density at radius 3 is 2.75 bits per heavy atom. The van der Waals surface area contributed by atoms with E-state index in [0.717, 1.165) is 51.1 Å². The van der Waals surface area contributed by atoms with Crippen LogP contribution in [0.5, 0.6) is 0 Å². The van der Waals surface area contributed by atoms with Crippen LogP contribution >= 0.6 is 0 Å². The molecule has 1 aromatic carbocycles. The van der Waals surface area contributed by atoms with Gasteiger partial charge in [-0.2, -0.15) is 0 Å². The molecule has 2 aromatic heterocycles. The first-order valence-electron chi connectivity index (χ1n) is 10.9. The largest absolute Gasteiger partial charge is 0.444 e. The lowest BCUT2D eigenvalue weighted by atomic mass is 9.97. The average Bonchev–Trinajstić information content (AvgIpc) is 3.05. The predicted octanol–water partition coefficient (Wildman–Crippen LogP) is 5.34. The molecule has 0 saturated carbocycles. The van der Waals surface area contributed by atoms with Gasteiger partial charge in [-0.3, -0.25) is 0 Å². The number of rotatable bonds is 1. The van der Waals surface area contributed by atoms with E-state index in [2.05, 4.69) is 20.9 Å². The second-order valence-corrected chi connectivity index (χ2v) is 9.48. The summed E-state index contributed by atoms with van der Waals surface area (Å²) in [6, 6.07) is 6.90. The van der Waals surface area contributed by atoms with Crippen LogP contribution in [0.2, 0.25) is 0 Å². The molecule has 32 heavy (non-hydrogen) atoms. The number of pyridine rings is 1. The van der Waals surface area contributed by atoms with E-state index in [-0.39, 0.29) is 11.9 Å². The summed E-state index contributed by atoms with van der Waals surface area (Å²) < 4.78 is 19.6. The number of ether oxygens (including phenoxy) is 1. The number of benzene rings is 1. The first-order chi connectivity index (χ1) is 15.2. The molecular formula is C25H27FN4O2. The van der Waals surface area contributed by atoms with Gasteiger partial charge in [0.1, 0.15) is 17.1 Å². The Kier molecular flexibility index (Phi) is 4.73. The van der Waals surface area contributed by atoms with Gasteiger partial charge in [0, 0.05) is 60.8 Å². The van der Waals surface area contributed by atoms with Gasteiger partial charge < -0.3 is 19.5 Å². The number of fused-ring (bicyclic) bond motifs is 2. The van der Waals surface area contributed by atoms with Crippen molar-refractivity contribution in [2.45, 2.75) is 39.3 Å². The van der Waals surface area contributed by atoms with Crippen molar-refractivity contribution in [3.8, 4) is 11.1 Å². The Labute approximate surface area is 186 Å². The maximum atomic E-state index is 14.1. The van der Waals surface area contributed by atoms with E-state index < -0.39 is 5.60 Å². The van der Waals surface area contributed by atoms with Gasteiger partial charge in [0.25, 0.3) is 0 Å². The van der Waals surface area contributed by atoms with Crippen LogP contribution in [-0.2, 0) is 11.3 Å². The molecule has 1 N–H and O–H groups in total. The van der Waals surface area contributed by atoms with Gasteiger partial charge in [0.05, 0.1) is 0 Å². The minimum atomic E-state index is -0.512. The lowest BCUT2D eigenvalue weighted by molar-refractivity contribution is 0.0270. The molecule has 4 heterocycles. The summed E-state index contributed by atoms with van der Waals surface area (Å²) in [7, 11) is 2.03. The standard InChI is InChI=1S/C25H27FN4O2/c1-25(2,3)32-24(31)30-11-8-15(9-12-30)22-19-14-29(4)20-6-5-16(26)13-18(20)17-7-10-27-23(28-22)21(17)19/h5-8,10,13H,9,11-12,14H2,1-4H3,(H,27,28). The summed E-state index contributed by atoms with van der Waals surface area (Å²) in [5.74, 6) is -0.251. The third kappa shape index (κ3) is 3.51. The van der Waals surface area contributed by atoms with Gasteiger partial charge in [-0.25, -0.2) is 14.2 Å². The minimum Gasteiger partial charge on any atom is -0.444 e. The molecule has 2 aliphatic rings. The van der Waals surface area contributed by atoms with Gasteiger partial charge in [-0.1, -0.05) is 6.08 Å². The predicted molar refractivity (Wildman–Crippen MR) is 124 cm³/mol. The van der Waals surface area contributed by atoms with E-state index in [4.69, 9.17) is 4.74 Å². The molecule has 0 fully saturated rings. The zero-order valence-electron chi connectivity index (χ0n) is 18.8. The van der Waals surface area contributed by atoms with E-state index in [1.165, 1.54) is 6.07 Å². The minimum absolute atomic E-state index is 0.251. The zero-order valence-corrected chi connectivity index (χ0v) is 18.8. The van der Waals surface area contributed by atoms with Crippen LogP contribution in [0.1, 0.15) is 38.4 Å². The number of anilines is 1. The number of hydrogen-bond acceptors (Lipinski definition) is 4. The number of hydrogen-bond donors (Lipinski definition) is 1. The number of aromatic nitrogens is 2. The maximum absolute atomic E-state index is 14.1. The van der Waals surface area contributed by atoms with Crippen LogP contribution in [0.4, 0.5) is 14.9 Å². The van der Waals surface area contributed by atoms with Crippen LogP contribution in [0, 0.1) is 5.82 Å². The van der Waals surface area contributed by atoms with Crippen molar-refractivity contribution in [3.63, 3.8) is 0 Å². The molecule has 3 aromatic rings. The molecule has 7 heteroatoms. The van der Waals surface area contributed by atoms with Crippen molar-refractivity contribution >= 4 is 28.4 Å². The third-order valence-electron chi connectivity index (χ3n) is 6.04. The number of aromatic amines is 1. The fourth-order valence-electron chi connectivity index (χ4n) is 4.61. The highest BCUT2D eigenvalue weighted by Crippen LogP contribution is 2.43. The monoisotopic (exact) mass is 434 g/mol. The van der Waals surface area contributed by atoms with Crippen molar-refractivity contribution < 1.29 is 13.9 Å². The van der Waals surface area contributed by atoms with Crippen LogP contribution in [0.3, 0.4) is 0 Å². The Balaban J connectivity index is 1.54.